The van der Waals surface area contributed by atoms with Crippen LogP contribution >= 0.6 is 0 Å². The van der Waals surface area contributed by atoms with Crippen molar-refractivity contribution < 1.29 is 48.1 Å². The standard InChI is InChI=1S/C86H166N6O10/c1-6-11-16-21-26-27-28-35-46-61-84(97)100-75-56-41-52-69-90(67-50-39-30-37-48-63-86(99)102-80(59-44-33-24-19-14-9-4)60-45-34-25-20-15-10-5)73-65-88-82(95)77-92(83(96)78-91-70-53-54-71-91)76-81(94)87-64-72-89(68-51-40-55-74-93)66-49-38-29-36-47-62-85(98)101-79(57-42-31-22-17-12-7-2)58-43-32-23-18-13-8-3/h79-80,93H,6-78H2,1-5H3,(H,87,94)(H,88,95). The van der Waals surface area contributed by atoms with Gasteiger partial charge in [0.25, 0.3) is 0 Å². The van der Waals surface area contributed by atoms with Gasteiger partial charge in [0, 0.05) is 52.0 Å². The van der Waals surface area contributed by atoms with Crippen molar-refractivity contribution in [3.8, 4) is 0 Å². The van der Waals surface area contributed by atoms with E-state index in [1.807, 2.05) is 0 Å². The second-order valence-corrected chi connectivity index (χ2v) is 30.7. The molecule has 16 heteroatoms. The summed E-state index contributed by atoms with van der Waals surface area (Å²) in [6.07, 6.45) is 63.6. The Labute approximate surface area is 628 Å². The highest BCUT2D eigenvalue weighted by atomic mass is 16.5. The van der Waals surface area contributed by atoms with Gasteiger partial charge in [-0.3, -0.25) is 33.7 Å². The first-order valence-electron chi connectivity index (χ1n) is 44.1. The first kappa shape index (κ1) is 96.7. The number of likely N-dealkylation sites (tertiary alicyclic amines) is 1. The van der Waals surface area contributed by atoms with E-state index in [4.69, 9.17) is 14.2 Å². The summed E-state index contributed by atoms with van der Waals surface area (Å²) >= 11 is 0. The highest BCUT2D eigenvalue weighted by molar-refractivity contribution is 5.89. The molecule has 1 fully saturated rings. The second-order valence-electron chi connectivity index (χ2n) is 30.7. The van der Waals surface area contributed by atoms with Crippen LogP contribution in [-0.2, 0) is 43.0 Å². The van der Waals surface area contributed by atoms with Crippen LogP contribution in [0.2, 0.25) is 0 Å². The van der Waals surface area contributed by atoms with E-state index in [0.29, 0.717) is 52.0 Å². The first-order chi connectivity index (χ1) is 50.0. The Balaban J connectivity index is 2.84. The average molecular weight is 1440 g/mol. The minimum atomic E-state index is -0.281. The molecule has 0 unspecified atom stereocenters. The number of unbranched alkanes of at least 4 members (excludes halogenated alkanes) is 40. The number of ether oxygens (including phenoxy) is 3. The molecule has 0 aromatic heterocycles. The molecule has 1 heterocycles. The molecule has 0 bridgehead atoms. The lowest BCUT2D eigenvalue weighted by Gasteiger charge is -2.26. The zero-order chi connectivity index (χ0) is 74.1. The Morgan fingerprint density at radius 1 is 0.353 bits per heavy atom. The average Bonchev–Trinajstić information content (AvgIpc) is 1.73. The fourth-order valence-electron chi connectivity index (χ4n) is 14.3. The minimum Gasteiger partial charge on any atom is -0.466 e. The van der Waals surface area contributed by atoms with Crippen LogP contribution in [0.1, 0.15) is 407 Å². The van der Waals surface area contributed by atoms with Gasteiger partial charge in [0.1, 0.15) is 25.3 Å². The fraction of sp³-hybridized carbons (Fsp3) is 0.930. The summed E-state index contributed by atoms with van der Waals surface area (Å²) in [6, 6.07) is 0. The quantitative estimate of drug-likeness (QED) is 0.0297. The van der Waals surface area contributed by atoms with Gasteiger partial charge in [0.15, 0.2) is 0 Å². The zero-order valence-corrected chi connectivity index (χ0v) is 67.7. The number of aliphatic hydroxyl groups excluding tert-OH is 1. The number of hydrogen-bond acceptors (Lipinski definition) is 13. The molecule has 0 atom stereocenters. The fourth-order valence-corrected chi connectivity index (χ4v) is 14.3. The first-order valence-corrected chi connectivity index (χ1v) is 44.1. The number of esters is 3. The SMILES string of the molecule is CCCCCCCCCCCC(=O)OCCCCCN(CCCCCCCC(=O)OC(CCCCCCCC)CCCCCCCC)CCNC(=O)CN(CC(=O)NCCN(CCCCCO)CCCCCCCC(=O)OC(CCCCCCCC)CCCCCCCC)C(=O)CN1CCCC1. The van der Waals surface area contributed by atoms with E-state index in [1.54, 1.807) is 0 Å². The van der Waals surface area contributed by atoms with Gasteiger partial charge in [-0.1, -0.05) is 253 Å². The predicted molar refractivity (Wildman–Crippen MR) is 426 cm³/mol. The smallest absolute Gasteiger partial charge is 0.306 e. The molecule has 1 aliphatic heterocycles. The number of rotatable bonds is 79. The highest BCUT2D eigenvalue weighted by Gasteiger charge is 2.25. The lowest BCUT2D eigenvalue weighted by molar-refractivity contribution is -0.151. The molecule has 3 amide bonds. The molecule has 16 nitrogen and oxygen atoms in total. The van der Waals surface area contributed by atoms with Gasteiger partial charge in [0.2, 0.25) is 17.7 Å². The molecule has 102 heavy (non-hydrogen) atoms. The van der Waals surface area contributed by atoms with Gasteiger partial charge >= 0.3 is 17.9 Å². The number of hydrogen-bond donors (Lipinski definition) is 3. The number of amides is 3. The van der Waals surface area contributed by atoms with Gasteiger partial charge < -0.3 is 44.7 Å². The third-order valence-electron chi connectivity index (χ3n) is 20.9. The second kappa shape index (κ2) is 74.5. The number of carbonyl (C=O) groups excluding carboxylic acids is 6. The van der Waals surface area contributed by atoms with E-state index in [2.05, 4.69) is 60.0 Å². The number of nitrogens with one attached hydrogen (secondary N) is 2. The lowest BCUT2D eigenvalue weighted by atomic mass is 10.0. The molecule has 0 aliphatic carbocycles. The molecule has 1 saturated heterocycles. The van der Waals surface area contributed by atoms with Crippen LogP contribution in [0.4, 0.5) is 0 Å². The Bertz CT molecular complexity index is 1880. The summed E-state index contributed by atoms with van der Waals surface area (Å²) in [4.78, 5) is 88.5. The van der Waals surface area contributed by atoms with E-state index in [9.17, 15) is 33.9 Å². The Kier molecular flexibility index (Phi) is 70.6. The summed E-state index contributed by atoms with van der Waals surface area (Å²) in [5.41, 5.74) is 0. The monoisotopic (exact) mass is 1440 g/mol. The molecule has 600 valence electrons. The van der Waals surface area contributed by atoms with Gasteiger partial charge in [-0.05, 0) is 174 Å². The van der Waals surface area contributed by atoms with Crippen molar-refractivity contribution in [2.45, 2.75) is 419 Å². The summed E-state index contributed by atoms with van der Waals surface area (Å²) in [5.74, 6) is -0.945. The van der Waals surface area contributed by atoms with Crippen LogP contribution < -0.4 is 10.6 Å². The van der Waals surface area contributed by atoms with Crippen LogP contribution in [0, 0.1) is 0 Å². The van der Waals surface area contributed by atoms with Crippen LogP contribution in [0.25, 0.3) is 0 Å². The van der Waals surface area contributed by atoms with E-state index >= 15 is 0 Å². The molecular weight excluding hydrogens is 1280 g/mol. The maximum absolute atomic E-state index is 13.9. The Hall–Kier alpha value is -3.34. The van der Waals surface area contributed by atoms with Crippen LogP contribution in [0.15, 0.2) is 0 Å². The molecule has 1 aliphatic rings. The van der Waals surface area contributed by atoms with Crippen molar-refractivity contribution >= 4 is 35.6 Å². The third-order valence-corrected chi connectivity index (χ3v) is 20.9. The molecule has 0 aromatic rings. The summed E-state index contributed by atoms with van der Waals surface area (Å²) in [6.45, 7) is 19.0. The van der Waals surface area contributed by atoms with Crippen LogP contribution in [-0.4, -0.2) is 171 Å². The van der Waals surface area contributed by atoms with Gasteiger partial charge in [-0.15, -0.1) is 0 Å². The van der Waals surface area contributed by atoms with Gasteiger partial charge in [-0.2, -0.15) is 0 Å². The summed E-state index contributed by atoms with van der Waals surface area (Å²) < 4.78 is 17.9. The largest absolute Gasteiger partial charge is 0.466 e. The van der Waals surface area contributed by atoms with Gasteiger partial charge in [-0.25, -0.2) is 0 Å². The molecule has 0 radical (unpaired) electrons. The molecule has 0 saturated carbocycles. The molecular formula is C86H166N6O10. The van der Waals surface area contributed by atoms with Crippen molar-refractivity contribution in [1.29, 1.82) is 0 Å². The van der Waals surface area contributed by atoms with Crippen molar-refractivity contribution in [3.05, 3.63) is 0 Å². The van der Waals surface area contributed by atoms with E-state index in [-0.39, 0.29) is 74.1 Å². The van der Waals surface area contributed by atoms with Crippen LogP contribution in [0.5, 0.6) is 0 Å². The third kappa shape index (κ3) is 63.9. The zero-order valence-electron chi connectivity index (χ0n) is 67.7. The maximum atomic E-state index is 13.9. The topological polar surface area (TPSA) is 187 Å². The van der Waals surface area contributed by atoms with E-state index < -0.39 is 0 Å². The van der Waals surface area contributed by atoms with Crippen LogP contribution in [0.3, 0.4) is 0 Å². The normalized spacial score (nSPS) is 12.6. The predicted octanol–water partition coefficient (Wildman–Crippen LogP) is 20.1. The van der Waals surface area contributed by atoms with E-state index in [1.165, 1.54) is 178 Å². The van der Waals surface area contributed by atoms with Crippen molar-refractivity contribution in [1.82, 2.24) is 30.2 Å². The van der Waals surface area contributed by atoms with Crippen molar-refractivity contribution in [2.75, 3.05) is 98.3 Å². The highest BCUT2D eigenvalue weighted by Crippen LogP contribution is 2.22. The minimum absolute atomic E-state index is 0.0363. The summed E-state index contributed by atoms with van der Waals surface area (Å²) in [5, 5.41) is 15.7. The van der Waals surface area contributed by atoms with Crippen molar-refractivity contribution in [2.24, 2.45) is 0 Å². The lowest BCUT2D eigenvalue weighted by Crippen LogP contribution is -2.50. The van der Waals surface area contributed by atoms with E-state index in [0.717, 1.165) is 219 Å². The Morgan fingerprint density at radius 3 is 0.990 bits per heavy atom. The van der Waals surface area contributed by atoms with Gasteiger partial charge in [0.05, 0.1) is 13.2 Å². The maximum Gasteiger partial charge on any atom is 0.306 e. The Morgan fingerprint density at radius 2 is 0.647 bits per heavy atom. The summed E-state index contributed by atoms with van der Waals surface area (Å²) in [7, 11) is 0. The molecule has 1 rings (SSSR count). The number of carbonyl (C=O) groups is 6. The molecule has 0 aromatic carbocycles. The molecule has 0 spiro atoms. The van der Waals surface area contributed by atoms with Crippen molar-refractivity contribution in [3.63, 3.8) is 0 Å². The number of aliphatic hydroxyl groups is 1. The number of nitrogens with zero attached hydrogens (tertiary/aromatic N) is 4. The molecule has 3 N–H and O–H groups in total.